The largest absolute Gasteiger partial charge is 0.480 e. The number of nitrogens with zero attached hydrogens (tertiary/aromatic N) is 1. The Morgan fingerprint density at radius 2 is 1.62 bits per heavy atom. The van der Waals surface area contributed by atoms with E-state index in [0.717, 1.165) is 5.56 Å². The summed E-state index contributed by atoms with van der Waals surface area (Å²) >= 11 is 0. The number of nitrogens with one attached hydrogen (secondary N) is 4. The Labute approximate surface area is 185 Å². The molecule has 1 heterocycles. The van der Waals surface area contributed by atoms with Crippen LogP contribution in [0.25, 0.3) is 0 Å². The van der Waals surface area contributed by atoms with Gasteiger partial charge in [0.15, 0.2) is 0 Å². The van der Waals surface area contributed by atoms with Crippen molar-refractivity contribution in [1.29, 1.82) is 0 Å². The zero-order chi connectivity index (χ0) is 23.7. The van der Waals surface area contributed by atoms with Crippen molar-refractivity contribution in [3.05, 3.63) is 54.1 Å². The second-order valence-corrected chi connectivity index (χ2v) is 7.45. The number of hydrogen-bond donors (Lipinski definition) is 6. The number of carboxylic acid groups (broad SMARTS) is 1. The third kappa shape index (κ3) is 7.51. The third-order valence-corrected chi connectivity index (χ3v) is 4.67. The highest BCUT2D eigenvalue weighted by Gasteiger charge is 2.29. The zero-order valence-corrected chi connectivity index (χ0v) is 17.9. The first-order valence-corrected chi connectivity index (χ1v) is 10.1. The van der Waals surface area contributed by atoms with Crippen molar-refractivity contribution >= 4 is 23.7 Å². The number of nitrogens with two attached hydrogens (primary N) is 1. The summed E-state index contributed by atoms with van der Waals surface area (Å²) in [6.07, 6.45) is 3.04. The maximum atomic E-state index is 12.9. The van der Waals surface area contributed by atoms with Crippen LogP contribution in [0.3, 0.4) is 0 Å². The first-order chi connectivity index (χ1) is 15.2. The molecule has 0 bridgehead atoms. The van der Waals surface area contributed by atoms with Gasteiger partial charge in [-0.05, 0) is 19.4 Å². The van der Waals surface area contributed by atoms with E-state index in [1.54, 1.807) is 30.3 Å². The van der Waals surface area contributed by atoms with Gasteiger partial charge < -0.3 is 31.8 Å². The Balaban J connectivity index is 2.11. The molecule has 3 amide bonds. The second-order valence-electron chi connectivity index (χ2n) is 7.45. The van der Waals surface area contributed by atoms with Crippen molar-refractivity contribution in [3.8, 4) is 0 Å². The fourth-order valence-corrected chi connectivity index (χ4v) is 2.85. The van der Waals surface area contributed by atoms with E-state index in [0.29, 0.717) is 5.69 Å². The van der Waals surface area contributed by atoms with Crippen molar-refractivity contribution < 1.29 is 24.3 Å². The predicted molar refractivity (Wildman–Crippen MR) is 115 cm³/mol. The Hall–Kier alpha value is -3.73. The first-order valence-electron chi connectivity index (χ1n) is 10.1. The van der Waals surface area contributed by atoms with Crippen LogP contribution in [-0.2, 0) is 32.0 Å². The molecule has 172 valence electrons. The number of carboxylic acids is 1. The highest BCUT2D eigenvalue weighted by Crippen LogP contribution is 2.06. The summed E-state index contributed by atoms with van der Waals surface area (Å²) < 4.78 is 0. The van der Waals surface area contributed by atoms with Crippen LogP contribution in [0.15, 0.2) is 42.9 Å². The first kappa shape index (κ1) is 24.5. The number of amides is 3. The van der Waals surface area contributed by atoms with E-state index in [9.17, 15) is 24.3 Å². The number of hydrogen-bond acceptors (Lipinski definition) is 6. The molecule has 2 rings (SSSR count). The molecule has 11 nitrogen and oxygen atoms in total. The molecule has 0 aliphatic rings. The molecular formula is C21H28N6O5. The lowest BCUT2D eigenvalue weighted by molar-refractivity contribution is -0.142. The number of aliphatic carboxylic acids is 1. The van der Waals surface area contributed by atoms with Gasteiger partial charge in [-0.1, -0.05) is 30.3 Å². The number of aromatic nitrogens is 2. The summed E-state index contributed by atoms with van der Waals surface area (Å²) in [6, 6.07) is 4.82. The van der Waals surface area contributed by atoms with Crippen LogP contribution in [0.2, 0.25) is 0 Å². The Bertz CT molecular complexity index is 916. The maximum Gasteiger partial charge on any atom is 0.326 e. The van der Waals surface area contributed by atoms with Crippen molar-refractivity contribution in [2.75, 3.05) is 0 Å². The van der Waals surface area contributed by atoms with Crippen LogP contribution in [0, 0.1) is 0 Å². The lowest BCUT2D eigenvalue weighted by Crippen LogP contribution is -2.57. The van der Waals surface area contributed by atoms with E-state index < -0.39 is 47.9 Å². The quantitative estimate of drug-likeness (QED) is 0.260. The van der Waals surface area contributed by atoms with Crippen LogP contribution >= 0.6 is 0 Å². The molecule has 0 spiro atoms. The van der Waals surface area contributed by atoms with E-state index in [1.807, 2.05) is 0 Å². The number of benzene rings is 1. The molecule has 0 radical (unpaired) electrons. The average Bonchev–Trinajstić information content (AvgIpc) is 3.26. The van der Waals surface area contributed by atoms with E-state index >= 15 is 0 Å². The van der Waals surface area contributed by atoms with Gasteiger partial charge in [0.25, 0.3) is 0 Å². The van der Waals surface area contributed by atoms with Crippen molar-refractivity contribution in [2.24, 2.45) is 5.73 Å². The monoisotopic (exact) mass is 444 g/mol. The summed E-state index contributed by atoms with van der Waals surface area (Å²) in [7, 11) is 0. The summed E-state index contributed by atoms with van der Waals surface area (Å²) in [5.41, 5.74) is 6.80. The van der Waals surface area contributed by atoms with Gasteiger partial charge in [-0.3, -0.25) is 14.4 Å². The number of imidazole rings is 1. The molecule has 0 fully saturated rings. The SMILES string of the molecule is CC(N)C(=O)NC(C)C(=O)NC(Cc1cnc[nH]1)C(=O)NC(Cc1ccccc1)C(=O)O. The molecule has 32 heavy (non-hydrogen) atoms. The van der Waals surface area contributed by atoms with Gasteiger partial charge in [-0.2, -0.15) is 0 Å². The fourth-order valence-electron chi connectivity index (χ4n) is 2.85. The molecule has 0 aliphatic carbocycles. The van der Waals surface area contributed by atoms with Gasteiger partial charge in [0.1, 0.15) is 18.1 Å². The topological polar surface area (TPSA) is 179 Å². The van der Waals surface area contributed by atoms with Crippen molar-refractivity contribution in [2.45, 2.75) is 50.9 Å². The summed E-state index contributed by atoms with van der Waals surface area (Å²) in [5, 5.41) is 17.1. The van der Waals surface area contributed by atoms with E-state index in [4.69, 9.17) is 5.73 Å². The number of aromatic amines is 1. The van der Waals surface area contributed by atoms with Crippen LogP contribution in [0.4, 0.5) is 0 Å². The minimum atomic E-state index is -1.20. The van der Waals surface area contributed by atoms with Gasteiger partial charge in [-0.25, -0.2) is 9.78 Å². The minimum Gasteiger partial charge on any atom is -0.480 e. The molecule has 1 aromatic heterocycles. The number of H-pyrrole nitrogens is 1. The lowest BCUT2D eigenvalue weighted by Gasteiger charge is -2.23. The predicted octanol–water partition coefficient (Wildman–Crippen LogP) is -0.899. The molecule has 1 aromatic carbocycles. The summed E-state index contributed by atoms with van der Waals surface area (Å²) in [5.74, 6) is -3.02. The second kappa shape index (κ2) is 11.6. The van der Waals surface area contributed by atoms with Crippen LogP contribution in [0.5, 0.6) is 0 Å². The summed E-state index contributed by atoms with van der Waals surface area (Å²) in [6.45, 7) is 2.93. The van der Waals surface area contributed by atoms with Gasteiger partial charge in [-0.15, -0.1) is 0 Å². The molecule has 7 N–H and O–H groups in total. The Morgan fingerprint density at radius 3 is 2.19 bits per heavy atom. The van der Waals surface area contributed by atoms with Crippen molar-refractivity contribution in [3.63, 3.8) is 0 Å². The van der Waals surface area contributed by atoms with Gasteiger partial charge in [0.05, 0.1) is 12.4 Å². The molecule has 0 saturated carbocycles. The maximum absolute atomic E-state index is 12.9. The molecule has 2 aromatic rings. The standard InChI is InChI=1S/C21H28N6O5/c1-12(22)18(28)25-13(2)19(29)26-16(9-15-10-23-11-24-15)20(30)27-17(21(31)32)8-14-6-4-3-5-7-14/h3-7,10-13,16-17H,8-9,22H2,1-2H3,(H,23,24)(H,25,28)(H,26,29)(H,27,30)(H,31,32). The zero-order valence-electron chi connectivity index (χ0n) is 17.9. The van der Waals surface area contributed by atoms with E-state index in [1.165, 1.54) is 26.4 Å². The molecule has 0 saturated heterocycles. The van der Waals surface area contributed by atoms with E-state index in [2.05, 4.69) is 25.9 Å². The Kier molecular flexibility index (Phi) is 8.90. The van der Waals surface area contributed by atoms with Crippen molar-refractivity contribution in [1.82, 2.24) is 25.9 Å². The van der Waals surface area contributed by atoms with Crippen LogP contribution < -0.4 is 21.7 Å². The summed E-state index contributed by atoms with van der Waals surface area (Å²) in [4.78, 5) is 55.7. The number of carbonyl (C=O) groups excluding carboxylic acids is 3. The normalized spacial score (nSPS) is 14.5. The number of rotatable bonds is 11. The molecule has 0 aliphatic heterocycles. The number of carbonyl (C=O) groups is 4. The molecule has 4 atom stereocenters. The smallest absolute Gasteiger partial charge is 0.326 e. The minimum absolute atomic E-state index is 0.0448. The third-order valence-electron chi connectivity index (χ3n) is 4.67. The molecular weight excluding hydrogens is 416 g/mol. The Morgan fingerprint density at radius 1 is 0.969 bits per heavy atom. The average molecular weight is 444 g/mol. The highest BCUT2D eigenvalue weighted by atomic mass is 16.4. The lowest BCUT2D eigenvalue weighted by atomic mass is 10.0. The van der Waals surface area contributed by atoms with Crippen LogP contribution in [0.1, 0.15) is 25.1 Å². The van der Waals surface area contributed by atoms with Gasteiger partial charge in [0.2, 0.25) is 17.7 Å². The van der Waals surface area contributed by atoms with Gasteiger partial charge >= 0.3 is 5.97 Å². The fraction of sp³-hybridized carbons (Fsp3) is 0.381. The van der Waals surface area contributed by atoms with Gasteiger partial charge in [0, 0.05) is 24.7 Å². The highest BCUT2D eigenvalue weighted by molar-refractivity contribution is 5.94. The molecule has 4 unspecified atom stereocenters. The van der Waals surface area contributed by atoms with E-state index in [-0.39, 0.29) is 12.8 Å². The van der Waals surface area contributed by atoms with Crippen LogP contribution in [-0.4, -0.2) is 62.9 Å². The molecule has 11 heteroatoms.